The number of fused-ring (bicyclic) bond motifs is 2. The average molecular weight is 471 g/mol. The molecule has 2 aliphatic rings. The molecule has 3 aromatic carbocycles. The summed E-state index contributed by atoms with van der Waals surface area (Å²) < 4.78 is 0. The summed E-state index contributed by atoms with van der Waals surface area (Å²) in [4.78, 5) is 26.8. The third-order valence-corrected chi connectivity index (χ3v) is 7.22. The predicted octanol–water partition coefficient (Wildman–Crippen LogP) is 6.77. The highest BCUT2D eigenvalue weighted by atomic mass is 35.5. The molecule has 0 bridgehead atoms. The van der Waals surface area contributed by atoms with E-state index in [1.165, 1.54) is 0 Å². The van der Waals surface area contributed by atoms with E-state index in [1.54, 1.807) is 24.3 Å². The van der Waals surface area contributed by atoms with E-state index in [-0.39, 0.29) is 36.4 Å². The number of halogens is 3. The zero-order chi connectivity index (χ0) is 21.8. The Morgan fingerprint density at radius 2 is 1.29 bits per heavy atom. The Morgan fingerprint density at radius 1 is 0.742 bits per heavy atom. The van der Waals surface area contributed by atoms with Gasteiger partial charge in [-0.25, -0.2) is 0 Å². The van der Waals surface area contributed by atoms with Crippen LogP contribution in [0.25, 0.3) is 0 Å². The maximum atomic E-state index is 13.8. The van der Waals surface area contributed by atoms with Crippen LogP contribution in [0.15, 0.2) is 66.7 Å². The Balaban J connectivity index is 1.81. The van der Waals surface area contributed by atoms with Crippen LogP contribution in [-0.2, 0) is 15.0 Å². The Bertz CT molecular complexity index is 1170. The second-order valence-corrected chi connectivity index (χ2v) is 9.48. The van der Waals surface area contributed by atoms with Crippen molar-refractivity contribution in [2.75, 3.05) is 5.32 Å². The fourth-order valence-corrected chi connectivity index (χ4v) is 5.90. The van der Waals surface area contributed by atoms with Gasteiger partial charge < -0.3 is 5.32 Å². The fourth-order valence-electron chi connectivity index (χ4n) is 5.33. The molecule has 1 aliphatic carbocycles. The van der Waals surface area contributed by atoms with Crippen LogP contribution in [0.1, 0.15) is 41.4 Å². The van der Waals surface area contributed by atoms with E-state index in [4.69, 9.17) is 34.8 Å². The summed E-state index contributed by atoms with van der Waals surface area (Å²) in [7, 11) is 0. The number of nitrogens with one attached hydrogen (secondary N) is 1. The molecule has 1 amide bonds. The van der Waals surface area contributed by atoms with Gasteiger partial charge >= 0.3 is 0 Å². The van der Waals surface area contributed by atoms with Crippen molar-refractivity contribution in [2.45, 2.75) is 30.1 Å². The van der Waals surface area contributed by atoms with Gasteiger partial charge in [-0.15, -0.1) is 0 Å². The molecule has 0 radical (unpaired) electrons. The minimum atomic E-state index is -0.983. The van der Waals surface area contributed by atoms with Crippen LogP contribution in [0.2, 0.25) is 15.1 Å². The number of ketones is 1. The van der Waals surface area contributed by atoms with Crippen LogP contribution in [0.3, 0.4) is 0 Å². The topological polar surface area (TPSA) is 46.2 Å². The molecule has 0 unspecified atom stereocenters. The second kappa shape index (κ2) is 7.67. The lowest BCUT2D eigenvalue weighted by molar-refractivity contribution is -0.128. The molecule has 1 aliphatic heterocycles. The number of amides is 1. The number of carbonyl (C=O) groups is 2. The van der Waals surface area contributed by atoms with Crippen LogP contribution < -0.4 is 5.32 Å². The third kappa shape index (κ3) is 3.27. The van der Waals surface area contributed by atoms with E-state index in [1.807, 2.05) is 42.5 Å². The Morgan fingerprint density at radius 3 is 1.84 bits per heavy atom. The first-order chi connectivity index (χ1) is 14.9. The molecule has 1 fully saturated rings. The second-order valence-electron chi connectivity index (χ2n) is 8.18. The van der Waals surface area contributed by atoms with Gasteiger partial charge in [-0.1, -0.05) is 65.1 Å². The molecule has 156 valence electrons. The highest BCUT2D eigenvalue weighted by Gasteiger charge is 2.60. The summed E-state index contributed by atoms with van der Waals surface area (Å²) in [5, 5.41) is 4.72. The summed E-state index contributed by atoms with van der Waals surface area (Å²) in [5.74, 6) is -0.777. The van der Waals surface area contributed by atoms with Gasteiger partial charge in [-0.05, 0) is 53.1 Å². The lowest BCUT2D eigenvalue weighted by Crippen LogP contribution is -2.50. The first kappa shape index (κ1) is 20.6. The molecule has 3 atom stereocenters. The number of anilines is 1. The zero-order valence-corrected chi connectivity index (χ0v) is 18.6. The standard InChI is InChI=1S/C25H18Cl3NO2/c26-16-5-1-3-14(9-16)21-12-19(30)13-22(15-4-2-6-17(27)10-15)25(21)20-8-7-18(28)11-23(20)29-24(25)31/h1-11,21-22H,12-13H2,(H,29,31)/t21-,22+,25-. The molecule has 0 aromatic heterocycles. The van der Waals surface area contributed by atoms with Crippen LogP contribution in [-0.4, -0.2) is 11.7 Å². The third-order valence-electron chi connectivity index (χ3n) is 6.52. The van der Waals surface area contributed by atoms with Gasteiger partial charge in [-0.2, -0.15) is 0 Å². The summed E-state index contributed by atoms with van der Waals surface area (Å²) in [5.41, 5.74) is 2.29. The number of hydrogen-bond acceptors (Lipinski definition) is 2. The molecule has 31 heavy (non-hydrogen) atoms. The lowest BCUT2D eigenvalue weighted by Gasteiger charge is -2.46. The van der Waals surface area contributed by atoms with Crippen molar-refractivity contribution in [3.05, 3.63) is 98.5 Å². The van der Waals surface area contributed by atoms with E-state index in [2.05, 4.69) is 5.32 Å². The number of benzene rings is 3. The molecule has 5 rings (SSSR count). The summed E-state index contributed by atoms with van der Waals surface area (Å²) in [6.07, 6.45) is 0.514. The van der Waals surface area contributed by atoms with Gasteiger partial charge in [0.25, 0.3) is 0 Å². The van der Waals surface area contributed by atoms with Crippen LogP contribution in [0, 0.1) is 0 Å². The number of carbonyl (C=O) groups excluding carboxylic acids is 2. The van der Waals surface area contributed by atoms with Crippen molar-refractivity contribution >= 4 is 52.2 Å². The monoisotopic (exact) mass is 469 g/mol. The van der Waals surface area contributed by atoms with Gasteiger partial charge in [0.15, 0.2) is 0 Å². The van der Waals surface area contributed by atoms with Crippen LogP contribution in [0.4, 0.5) is 5.69 Å². The van der Waals surface area contributed by atoms with Gasteiger partial charge in [-0.3, -0.25) is 9.59 Å². The molecule has 1 spiro atoms. The fraction of sp³-hybridized carbons (Fsp3) is 0.200. The normalized spacial score (nSPS) is 24.9. The van der Waals surface area contributed by atoms with E-state index in [9.17, 15) is 9.59 Å². The molecular weight excluding hydrogens is 453 g/mol. The minimum Gasteiger partial charge on any atom is -0.325 e. The summed E-state index contributed by atoms with van der Waals surface area (Å²) >= 11 is 18.8. The molecule has 1 saturated carbocycles. The Hall–Kier alpha value is -2.33. The van der Waals surface area contributed by atoms with Crippen molar-refractivity contribution in [3.63, 3.8) is 0 Å². The maximum Gasteiger partial charge on any atom is 0.236 e. The molecule has 6 heteroatoms. The molecule has 0 saturated heterocycles. The maximum absolute atomic E-state index is 13.8. The SMILES string of the molecule is O=C1C[C@H](c2cccc(Cl)c2)[C@@]2(C(=O)Nc3cc(Cl)ccc32)[C@H](c2cccc(Cl)c2)C1. The number of rotatable bonds is 2. The van der Waals surface area contributed by atoms with E-state index < -0.39 is 5.41 Å². The molecule has 1 heterocycles. The molecule has 3 aromatic rings. The largest absolute Gasteiger partial charge is 0.325 e. The van der Waals surface area contributed by atoms with Gasteiger partial charge in [0.2, 0.25) is 5.91 Å². The lowest BCUT2D eigenvalue weighted by atomic mass is 9.54. The van der Waals surface area contributed by atoms with Gasteiger partial charge in [0.1, 0.15) is 5.78 Å². The van der Waals surface area contributed by atoms with E-state index >= 15 is 0 Å². The first-order valence-corrected chi connectivity index (χ1v) is 11.2. The van der Waals surface area contributed by atoms with Gasteiger partial charge in [0.05, 0.1) is 5.41 Å². The minimum absolute atomic E-state index is 0.107. The smallest absolute Gasteiger partial charge is 0.236 e. The Labute approximate surface area is 195 Å². The average Bonchev–Trinajstić information content (AvgIpc) is 3.01. The molecular formula is C25H18Cl3NO2. The molecule has 1 N–H and O–H groups in total. The van der Waals surface area contributed by atoms with Crippen molar-refractivity contribution in [1.29, 1.82) is 0 Å². The van der Waals surface area contributed by atoms with Crippen molar-refractivity contribution < 1.29 is 9.59 Å². The van der Waals surface area contributed by atoms with Crippen molar-refractivity contribution in [1.82, 2.24) is 0 Å². The first-order valence-electron chi connectivity index (χ1n) is 10.0. The quantitative estimate of drug-likeness (QED) is 0.449. The zero-order valence-electron chi connectivity index (χ0n) is 16.4. The summed E-state index contributed by atoms with van der Waals surface area (Å²) in [6.45, 7) is 0. The Kier molecular flexibility index (Phi) is 5.09. The van der Waals surface area contributed by atoms with Crippen molar-refractivity contribution in [2.24, 2.45) is 0 Å². The van der Waals surface area contributed by atoms with E-state index in [0.717, 1.165) is 16.7 Å². The van der Waals surface area contributed by atoms with Crippen LogP contribution in [0.5, 0.6) is 0 Å². The number of Topliss-reactive ketones (excluding diaryl/α,β-unsaturated/α-hetero) is 1. The van der Waals surface area contributed by atoms with Crippen molar-refractivity contribution in [3.8, 4) is 0 Å². The van der Waals surface area contributed by atoms with Crippen LogP contribution >= 0.6 is 34.8 Å². The summed E-state index contributed by atoms with van der Waals surface area (Å²) in [6, 6.07) is 20.3. The highest BCUT2D eigenvalue weighted by Crippen LogP contribution is 2.60. The number of hydrogen-bond donors (Lipinski definition) is 1. The predicted molar refractivity (Wildman–Crippen MR) is 124 cm³/mol. The molecule has 3 nitrogen and oxygen atoms in total. The highest BCUT2D eigenvalue weighted by molar-refractivity contribution is 6.31. The van der Waals surface area contributed by atoms with Gasteiger partial charge in [0, 0.05) is 45.4 Å². The van der Waals surface area contributed by atoms with E-state index in [0.29, 0.717) is 20.8 Å².